The monoisotopic (exact) mass is 531 g/mol. The van der Waals surface area contributed by atoms with E-state index in [2.05, 4.69) is 21.2 Å². The summed E-state index contributed by atoms with van der Waals surface area (Å²) >= 11 is 9.39. The third-order valence-electron chi connectivity index (χ3n) is 6.18. The Labute approximate surface area is 205 Å². The highest BCUT2D eigenvalue weighted by molar-refractivity contribution is 9.10. The standard InChI is InChI=1S/C25H23BrClNO5/c1-12-21(25(31)33-3)22(15-8-17(26)24(30)20(11-15)32-2)23-18(28-12)9-14(10-19(23)29)13-4-6-16(27)7-5-13/h4-8,11,14,22,28,30H,9-10H2,1-3H3/t14-,22+/m0/s1. The zero-order valence-corrected chi connectivity index (χ0v) is 20.7. The summed E-state index contributed by atoms with van der Waals surface area (Å²) in [6, 6.07) is 10.9. The maximum absolute atomic E-state index is 13.5. The Hall–Kier alpha value is -2.77. The molecule has 2 atom stereocenters. The Kier molecular flexibility index (Phi) is 6.54. The molecule has 2 aromatic carbocycles. The minimum Gasteiger partial charge on any atom is -0.503 e. The number of rotatable bonds is 4. The number of ether oxygens (including phenoxy) is 2. The van der Waals surface area contributed by atoms with E-state index in [4.69, 9.17) is 21.1 Å². The lowest BCUT2D eigenvalue weighted by molar-refractivity contribution is -0.136. The molecule has 172 valence electrons. The van der Waals surface area contributed by atoms with Gasteiger partial charge < -0.3 is 19.9 Å². The van der Waals surface area contributed by atoms with Crippen molar-refractivity contribution in [3.63, 3.8) is 0 Å². The smallest absolute Gasteiger partial charge is 0.336 e. The van der Waals surface area contributed by atoms with Crippen LogP contribution in [0.15, 0.2) is 63.4 Å². The van der Waals surface area contributed by atoms with Crippen LogP contribution < -0.4 is 10.1 Å². The Morgan fingerprint density at radius 2 is 1.85 bits per heavy atom. The van der Waals surface area contributed by atoms with E-state index < -0.39 is 11.9 Å². The summed E-state index contributed by atoms with van der Waals surface area (Å²) < 4.78 is 10.8. The highest BCUT2D eigenvalue weighted by Gasteiger charge is 2.41. The number of nitrogens with one attached hydrogen (secondary N) is 1. The molecule has 8 heteroatoms. The molecule has 1 aliphatic heterocycles. The summed E-state index contributed by atoms with van der Waals surface area (Å²) in [7, 11) is 2.76. The number of dihydropyridines is 1. The van der Waals surface area contributed by atoms with Crippen molar-refractivity contribution >= 4 is 39.3 Å². The predicted molar refractivity (Wildman–Crippen MR) is 128 cm³/mol. The number of aromatic hydroxyl groups is 1. The van der Waals surface area contributed by atoms with Gasteiger partial charge in [0.25, 0.3) is 0 Å². The number of methoxy groups -OCH3 is 2. The molecule has 0 amide bonds. The van der Waals surface area contributed by atoms with Crippen LogP contribution in [0.1, 0.15) is 42.7 Å². The van der Waals surface area contributed by atoms with Crippen LogP contribution in [0.4, 0.5) is 0 Å². The molecule has 4 rings (SSSR count). The SMILES string of the molecule is COC(=O)C1=C(C)NC2=C(C(=O)C[C@@H](c3ccc(Cl)cc3)C2)[C@@H]1c1cc(Br)c(O)c(OC)c1. The average molecular weight is 533 g/mol. The van der Waals surface area contributed by atoms with Crippen LogP contribution in [0.5, 0.6) is 11.5 Å². The molecule has 0 saturated carbocycles. The molecule has 0 radical (unpaired) electrons. The topological polar surface area (TPSA) is 84.9 Å². The molecule has 0 saturated heterocycles. The third-order valence-corrected chi connectivity index (χ3v) is 7.03. The summed E-state index contributed by atoms with van der Waals surface area (Å²) in [5.74, 6) is -1.04. The van der Waals surface area contributed by atoms with Gasteiger partial charge in [-0.05, 0) is 70.6 Å². The van der Waals surface area contributed by atoms with Crippen LogP contribution in [-0.4, -0.2) is 31.1 Å². The fourth-order valence-corrected chi connectivity index (χ4v) is 5.23. The van der Waals surface area contributed by atoms with E-state index in [-0.39, 0.29) is 23.2 Å². The summed E-state index contributed by atoms with van der Waals surface area (Å²) in [4.78, 5) is 26.3. The molecule has 1 aliphatic carbocycles. The van der Waals surface area contributed by atoms with Crippen molar-refractivity contribution in [2.45, 2.75) is 31.6 Å². The number of allylic oxidation sites excluding steroid dienone is 3. The Balaban J connectivity index is 1.85. The van der Waals surface area contributed by atoms with Crippen molar-refractivity contribution < 1.29 is 24.2 Å². The first kappa shape index (κ1) is 23.4. The van der Waals surface area contributed by atoms with E-state index in [1.165, 1.54) is 14.2 Å². The van der Waals surface area contributed by atoms with E-state index in [1.807, 2.05) is 24.3 Å². The number of phenols is 1. The number of ketones is 1. The molecule has 2 N–H and O–H groups in total. The van der Waals surface area contributed by atoms with Crippen molar-refractivity contribution in [1.82, 2.24) is 5.32 Å². The van der Waals surface area contributed by atoms with Crippen molar-refractivity contribution in [2.24, 2.45) is 0 Å². The highest BCUT2D eigenvalue weighted by atomic mass is 79.9. The molecule has 2 aliphatic rings. The molecule has 0 aromatic heterocycles. The first-order valence-corrected chi connectivity index (χ1v) is 11.6. The summed E-state index contributed by atoms with van der Waals surface area (Å²) in [6.45, 7) is 1.80. The van der Waals surface area contributed by atoms with Crippen molar-refractivity contribution in [2.75, 3.05) is 14.2 Å². The molecular formula is C25H23BrClNO5. The lowest BCUT2D eigenvalue weighted by Crippen LogP contribution is -2.36. The van der Waals surface area contributed by atoms with Crippen LogP contribution >= 0.6 is 27.5 Å². The second kappa shape index (κ2) is 9.23. The third kappa shape index (κ3) is 4.27. The largest absolute Gasteiger partial charge is 0.503 e. The van der Waals surface area contributed by atoms with Crippen molar-refractivity contribution in [1.29, 1.82) is 0 Å². The second-order valence-corrected chi connectivity index (χ2v) is 9.40. The number of benzene rings is 2. The van der Waals surface area contributed by atoms with Crippen LogP contribution in [0, 0.1) is 0 Å². The Morgan fingerprint density at radius 3 is 2.48 bits per heavy atom. The van der Waals surface area contributed by atoms with Gasteiger partial charge in [0.2, 0.25) is 0 Å². The fourth-order valence-electron chi connectivity index (χ4n) is 4.64. The lowest BCUT2D eigenvalue weighted by atomic mass is 9.71. The molecule has 0 unspecified atom stereocenters. The van der Waals surface area contributed by atoms with Gasteiger partial charge in [-0.15, -0.1) is 0 Å². The molecule has 6 nitrogen and oxygen atoms in total. The Bertz CT molecular complexity index is 1200. The number of hydrogen-bond donors (Lipinski definition) is 2. The molecule has 2 aromatic rings. The van der Waals surface area contributed by atoms with Gasteiger partial charge in [0.1, 0.15) is 0 Å². The molecule has 33 heavy (non-hydrogen) atoms. The maximum Gasteiger partial charge on any atom is 0.336 e. The van der Waals surface area contributed by atoms with E-state index >= 15 is 0 Å². The molecule has 0 fully saturated rings. The fraction of sp³-hybridized carbons (Fsp3) is 0.280. The quantitative estimate of drug-likeness (QED) is 0.516. The number of phenolic OH excluding ortho intramolecular Hbond substituents is 1. The van der Waals surface area contributed by atoms with E-state index in [0.29, 0.717) is 44.7 Å². The molecular weight excluding hydrogens is 510 g/mol. The number of Topliss-reactive ketones (excluding diaryl/α,β-unsaturated/α-hetero) is 1. The van der Waals surface area contributed by atoms with Gasteiger partial charge in [0.05, 0.1) is 24.3 Å². The van der Waals surface area contributed by atoms with Crippen LogP contribution in [0.25, 0.3) is 0 Å². The number of carbonyl (C=O) groups is 2. The van der Waals surface area contributed by atoms with Gasteiger partial charge in [0.15, 0.2) is 17.3 Å². The van der Waals surface area contributed by atoms with Gasteiger partial charge in [-0.25, -0.2) is 4.79 Å². The molecule has 0 bridgehead atoms. The van der Waals surface area contributed by atoms with Gasteiger partial charge >= 0.3 is 5.97 Å². The number of esters is 1. The van der Waals surface area contributed by atoms with E-state index in [0.717, 1.165) is 11.3 Å². The zero-order chi connectivity index (χ0) is 23.9. The molecule has 1 heterocycles. The highest BCUT2D eigenvalue weighted by Crippen LogP contribution is 2.48. The van der Waals surface area contributed by atoms with Crippen molar-refractivity contribution in [3.05, 3.63) is 79.6 Å². The molecule has 0 spiro atoms. The van der Waals surface area contributed by atoms with E-state index in [9.17, 15) is 14.7 Å². The maximum atomic E-state index is 13.5. The number of hydrogen-bond acceptors (Lipinski definition) is 6. The van der Waals surface area contributed by atoms with Crippen LogP contribution in [0.3, 0.4) is 0 Å². The van der Waals surface area contributed by atoms with Crippen LogP contribution in [-0.2, 0) is 14.3 Å². The number of carbonyl (C=O) groups excluding carboxylic acids is 2. The predicted octanol–water partition coefficient (Wildman–Crippen LogP) is 5.35. The van der Waals surface area contributed by atoms with E-state index in [1.54, 1.807) is 19.1 Å². The Morgan fingerprint density at radius 1 is 1.15 bits per heavy atom. The normalized spacial score (nSPS) is 20.3. The minimum atomic E-state index is -0.654. The average Bonchev–Trinajstić information content (AvgIpc) is 2.79. The zero-order valence-electron chi connectivity index (χ0n) is 18.4. The summed E-state index contributed by atoms with van der Waals surface area (Å²) in [6.07, 6.45) is 0.921. The lowest BCUT2D eigenvalue weighted by Gasteiger charge is -2.36. The first-order valence-electron chi connectivity index (χ1n) is 10.4. The summed E-state index contributed by atoms with van der Waals surface area (Å²) in [5, 5.41) is 14.2. The van der Waals surface area contributed by atoms with Gasteiger partial charge in [-0.1, -0.05) is 23.7 Å². The van der Waals surface area contributed by atoms with Gasteiger partial charge in [-0.3, -0.25) is 4.79 Å². The van der Waals surface area contributed by atoms with Crippen molar-refractivity contribution in [3.8, 4) is 11.5 Å². The second-order valence-electron chi connectivity index (χ2n) is 8.11. The minimum absolute atomic E-state index is 0.00441. The first-order chi connectivity index (χ1) is 15.7. The number of halogens is 2. The van der Waals surface area contributed by atoms with Gasteiger partial charge in [0, 0.05) is 34.3 Å². The van der Waals surface area contributed by atoms with Gasteiger partial charge in [-0.2, -0.15) is 0 Å². The van der Waals surface area contributed by atoms with Crippen LogP contribution in [0.2, 0.25) is 5.02 Å². The summed E-state index contributed by atoms with van der Waals surface area (Å²) in [5.41, 5.74) is 3.97.